The number of hydrogen-bond donors (Lipinski definition) is 2. The van der Waals surface area contributed by atoms with E-state index in [4.69, 9.17) is 4.74 Å². The molecule has 0 aliphatic heterocycles. The quantitative estimate of drug-likeness (QED) is 0.794. The number of amides is 1. The molecule has 2 rings (SSSR count). The van der Waals surface area contributed by atoms with E-state index in [-0.39, 0.29) is 4.90 Å². The Balaban J connectivity index is 0.00000176. The Kier molecular flexibility index (Phi) is 7.99. The highest BCUT2D eigenvalue weighted by Gasteiger charge is 2.18. The van der Waals surface area contributed by atoms with E-state index in [1.165, 1.54) is 7.05 Å². The van der Waals surface area contributed by atoms with Gasteiger partial charge in [0.25, 0.3) is 0 Å². The molecule has 0 saturated heterocycles. The van der Waals surface area contributed by atoms with Crippen molar-refractivity contribution in [3.8, 4) is 11.1 Å². The van der Waals surface area contributed by atoms with Gasteiger partial charge in [-0.1, -0.05) is 44.2 Å². The van der Waals surface area contributed by atoms with Crippen LogP contribution < -0.4 is 10.0 Å². The molecule has 0 aliphatic carbocycles. The lowest BCUT2D eigenvalue weighted by molar-refractivity contribution is 0.0636. The van der Waals surface area contributed by atoms with Crippen molar-refractivity contribution in [3.63, 3.8) is 0 Å². The maximum absolute atomic E-state index is 12.2. The first-order valence-corrected chi connectivity index (χ1v) is 10.2. The summed E-state index contributed by atoms with van der Waals surface area (Å²) in [7, 11) is -2.19. The number of carbonyl (C=O) groups excluding carboxylic acids is 1. The van der Waals surface area contributed by atoms with Crippen LogP contribution >= 0.6 is 0 Å². The Labute approximate surface area is 162 Å². The second-order valence-electron chi connectivity index (χ2n) is 6.41. The summed E-state index contributed by atoms with van der Waals surface area (Å²) < 4.78 is 31.8. The van der Waals surface area contributed by atoms with Crippen molar-refractivity contribution in [2.45, 2.75) is 45.1 Å². The van der Waals surface area contributed by atoms with Gasteiger partial charge in [-0.3, -0.25) is 5.32 Å². The molecule has 0 radical (unpaired) electrons. The van der Waals surface area contributed by atoms with E-state index in [0.717, 1.165) is 5.56 Å². The maximum Gasteiger partial charge on any atom is 0.412 e. The molecule has 2 aromatic rings. The second-order valence-corrected chi connectivity index (χ2v) is 8.26. The summed E-state index contributed by atoms with van der Waals surface area (Å²) in [5.74, 6) is 0. The van der Waals surface area contributed by atoms with Crippen LogP contribution in [0.25, 0.3) is 11.1 Å². The molecule has 0 heterocycles. The second kappa shape index (κ2) is 9.53. The fraction of sp³-hybridized carbons (Fsp3) is 0.350. The smallest absolute Gasteiger partial charge is 0.412 e. The molecule has 0 aliphatic rings. The molecule has 7 heteroatoms. The molecule has 0 saturated carbocycles. The van der Waals surface area contributed by atoms with Crippen LogP contribution in [-0.4, -0.2) is 27.2 Å². The van der Waals surface area contributed by atoms with Crippen LogP contribution in [0, 0.1) is 0 Å². The molecular formula is C20H28N2O4S. The van der Waals surface area contributed by atoms with Gasteiger partial charge in [-0.05, 0) is 51.6 Å². The molecular weight excluding hydrogens is 364 g/mol. The number of carbonyl (C=O) groups is 1. The Morgan fingerprint density at radius 2 is 1.52 bits per heavy atom. The molecule has 0 aromatic heterocycles. The lowest BCUT2D eigenvalue weighted by Crippen LogP contribution is -2.27. The SMILES string of the molecule is CC.CNS(=O)(=O)c1ccccc1-c1ccc(NC(=O)OC(C)(C)C)cc1. The van der Waals surface area contributed by atoms with Crippen LogP contribution in [0.1, 0.15) is 34.6 Å². The number of rotatable bonds is 4. The van der Waals surface area contributed by atoms with Crippen molar-refractivity contribution in [1.82, 2.24) is 4.72 Å². The van der Waals surface area contributed by atoms with Crippen molar-refractivity contribution >= 4 is 21.8 Å². The van der Waals surface area contributed by atoms with Gasteiger partial charge in [-0.15, -0.1) is 0 Å². The molecule has 0 atom stereocenters. The molecule has 2 aromatic carbocycles. The van der Waals surface area contributed by atoms with Crippen LogP contribution in [0.3, 0.4) is 0 Å². The Bertz CT molecular complexity index is 854. The molecule has 0 fully saturated rings. The zero-order valence-electron chi connectivity index (χ0n) is 16.7. The highest BCUT2D eigenvalue weighted by atomic mass is 32.2. The van der Waals surface area contributed by atoms with Gasteiger partial charge in [0.1, 0.15) is 5.60 Å². The van der Waals surface area contributed by atoms with E-state index >= 15 is 0 Å². The molecule has 0 spiro atoms. The van der Waals surface area contributed by atoms with Gasteiger partial charge in [0, 0.05) is 11.3 Å². The molecule has 0 unspecified atom stereocenters. The van der Waals surface area contributed by atoms with Gasteiger partial charge in [-0.25, -0.2) is 17.9 Å². The first-order chi connectivity index (χ1) is 12.6. The highest BCUT2D eigenvalue weighted by molar-refractivity contribution is 7.89. The van der Waals surface area contributed by atoms with Crippen LogP contribution in [0.4, 0.5) is 10.5 Å². The lowest BCUT2D eigenvalue weighted by Gasteiger charge is -2.19. The minimum Gasteiger partial charge on any atom is -0.444 e. The van der Waals surface area contributed by atoms with E-state index in [1.807, 2.05) is 13.8 Å². The number of sulfonamides is 1. The monoisotopic (exact) mass is 392 g/mol. The van der Waals surface area contributed by atoms with E-state index in [9.17, 15) is 13.2 Å². The lowest BCUT2D eigenvalue weighted by atomic mass is 10.1. The highest BCUT2D eigenvalue weighted by Crippen LogP contribution is 2.28. The van der Waals surface area contributed by atoms with Gasteiger partial charge in [0.2, 0.25) is 10.0 Å². The Hall–Kier alpha value is -2.38. The topological polar surface area (TPSA) is 84.5 Å². The molecule has 2 N–H and O–H groups in total. The average molecular weight is 393 g/mol. The summed E-state index contributed by atoms with van der Waals surface area (Å²) in [6.07, 6.45) is -0.543. The Morgan fingerprint density at radius 3 is 2.04 bits per heavy atom. The molecule has 0 bridgehead atoms. The number of hydrogen-bond acceptors (Lipinski definition) is 4. The van der Waals surface area contributed by atoms with Crippen LogP contribution in [0.15, 0.2) is 53.4 Å². The normalized spacial score (nSPS) is 11.2. The van der Waals surface area contributed by atoms with Crippen LogP contribution in [0.2, 0.25) is 0 Å². The molecule has 1 amide bonds. The minimum atomic E-state index is -3.57. The third kappa shape index (κ3) is 6.69. The summed E-state index contributed by atoms with van der Waals surface area (Å²) in [4.78, 5) is 12.0. The zero-order valence-corrected chi connectivity index (χ0v) is 17.5. The van der Waals surface area contributed by atoms with Crippen molar-refractivity contribution in [2.75, 3.05) is 12.4 Å². The standard InChI is InChI=1S/C18H22N2O4S.C2H6/c1-18(2,3)24-17(21)20-14-11-9-13(10-12-14)15-7-5-6-8-16(15)25(22,23)19-4;1-2/h5-12,19H,1-4H3,(H,20,21);1-2H3. The number of anilines is 1. The molecule has 6 nitrogen and oxygen atoms in total. The van der Waals surface area contributed by atoms with E-state index in [0.29, 0.717) is 11.3 Å². The van der Waals surface area contributed by atoms with E-state index in [1.54, 1.807) is 69.3 Å². The van der Waals surface area contributed by atoms with Gasteiger partial charge < -0.3 is 4.74 Å². The number of nitrogens with one attached hydrogen (secondary N) is 2. The average Bonchev–Trinajstić information content (AvgIpc) is 2.62. The summed E-state index contributed by atoms with van der Waals surface area (Å²) >= 11 is 0. The number of ether oxygens (including phenoxy) is 1. The summed E-state index contributed by atoms with van der Waals surface area (Å²) in [5.41, 5.74) is 1.29. The van der Waals surface area contributed by atoms with Crippen molar-refractivity contribution < 1.29 is 17.9 Å². The van der Waals surface area contributed by atoms with Gasteiger partial charge in [0.15, 0.2) is 0 Å². The van der Waals surface area contributed by atoms with Crippen molar-refractivity contribution in [1.29, 1.82) is 0 Å². The predicted molar refractivity (Wildman–Crippen MR) is 109 cm³/mol. The van der Waals surface area contributed by atoms with Crippen molar-refractivity contribution in [2.24, 2.45) is 0 Å². The third-order valence-electron chi connectivity index (χ3n) is 3.29. The summed E-state index contributed by atoms with van der Waals surface area (Å²) in [6.45, 7) is 9.36. The summed E-state index contributed by atoms with van der Waals surface area (Å²) in [5, 5.41) is 2.64. The first kappa shape index (κ1) is 22.7. The maximum atomic E-state index is 12.2. The van der Waals surface area contributed by atoms with Gasteiger partial charge >= 0.3 is 6.09 Å². The van der Waals surface area contributed by atoms with Gasteiger partial charge in [0.05, 0.1) is 4.90 Å². The minimum absolute atomic E-state index is 0.199. The predicted octanol–water partition coefficient (Wildman–Crippen LogP) is 4.63. The molecule has 27 heavy (non-hydrogen) atoms. The third-order valence-corrected chi connectivity index (χ3v) is 4.76. The van der Waals surface area contributed by atoms with Crippen LogP contribution in [-0.2, 0) is 14.8 Å². The first-order valence-electron chi connectivity index (χ1n) is 8.75. The molecule has 148 valence electrons. The number of benzene rings is 2. The largest absolute Gasteiger partial charge is 0.444 e. The Morgan fingerprint density at radius 1 is 0.963 bits per heavy atom. The zero-order chi connectivity index (χ0) is 20.7. The summed E-state index contributed by atoms with van der Waals surface area (Å²) in [6, 6.07) is 13.6. The van der Waals surface area contributed by atoms with Crippen molar-refractivity contribution in [3.05, 3.63) is 48.5 Å². The van der Waals surface area contributed by atoms with E-state index < -0.39 is 21.7 Å². The van der Waals surface area contributed by atoms with E-state index in [2.05, 4.69) is 10.0 Å². The fourth-order valence-electron chi connectivity index (χ4n) is 2.20. The fourth-order valence-corrected chi connectivity index (χ4v) is 3.16. The van der Waals surface area contributed by atoms with Gasteiger partial charge in [-0.2, -0.15) is 0 Å². The van der Waals surface area contributed by atoms with Crippen LogP contribution in [0.5, 0.6) is 0 Å².